The van der Waals surface area contributed by atoms with E-state index in [1.54, 1.807) is 19.9 Å². The second kappa shape index (κ2) is 8.20. The van der Waals surface area contributed by atoms with Gasteiger partial charge in [0.1, 0.15) is 45.0 Å². The van der Waals surface area contributed by atoms with Crippen LogP contribution in [-0.2, 0) is 35.8 Å². The summed E-state index contributed by atoms with van der Waals surface area (Å²) in [5, 5.41) is 32.8. The molecular formula is C30H24O12. The van der Waals surface area contributed by atoms with E-state index in [0.29, 0.717) is 11.1 Å². The van der Waals surface area contributed by atoms with Crippen LogP contribution in [0.5, 0.6) is 11.5 Å². The van der Waals surface area contributed by atoms with Crippen LogP contribution in [0.2, 0.25) is 0 Å². The van der Waals surface area contributed by atoms with E-state index in [4.69, 9.17) is 23.0 Å². The Bertz CT molecular complexity index is 2040. The molecule has 7 rings (SSSR count). The van der Waals surface area contributed by atoms with Crippen molar-refractivity contribution >= 4 is 33.9 Å². The summed E-state index contributed by atoms with van der Waals surface area (Å²) in [5.74, 6) is -9.88. The molecule has 3 aliphatic rings. The van der Waals surface area contributed by atoms with Gasteiger partial charge in [0.2, 0.25) is 16.5 Å². The lowest BCUT2D eigenvalue weighted by molar-refractivity contribution is -0.251. The number of rotatable bonds is 2. The Morgan fingerprint density at radius 1 is 0.881 bits per heavy atom. The van der Waals surface area contributed by atoms with Crippen molar-refractivity contribution in [3.05, 3.63) is 78.5 Å². The molecule has 3 heterocycles. The smallest absolute Gasteiger partial charge is 0.366 e. The van der Waals surface area contributed by atoms with Gasteiger partial charge in [-0.2, -0.15) is 0 Å². The van der Waals surface area contributed by atoms with Crippen molar-refractivity contribution in [3.8, 4) is 11.5 Å². The molecule has 5 atom stereocenters. The Balaban J connectivity index is 1.68. The van der Waals surface area contributed by atoms with Gasteiger partial charge in [0.25, 0.3) is 5.79 Å². The number of fused-ring (bicyclic) bond motifs is 7. The molecule has 0 saturated carbocycles. The van der Waals surface area contributed by atoms with Crippen molar-refractivity contribution in [1.82, 2.24) is 0 Å². The fourth-order valence-electron chi connectivity index (χ4n) is 7.29. The Morgan fingerprint density at radius 2 is 1.45 bits per heavy atom. The number of hydrogen-bond donors (Lipinski definition) is 3. The molecule has 2 aromatic heterocycles. The average Bonchev–Trinajstić information content (AvgIpc) is 3.36. The molecule has 0 radical (unpaired) electrons. The van der Waals surface area contributed by atoms with Crippen LogP contribution in [0.15, 0.2) is 42.7 Å². The Labute approximate surface area is 235 Å². The van der Waals surface area contributed by atoms with Crippen molar-refractivity contribution in [2.24, 2.45) is 11.8 Å². The zero-order chi connectivity index (χ0) is 30.0. The minimum absolute atomic E-state index is 0.0215. The fraction of sp³-hybridized carbons (Fsp3) is 0.333. The highest BCUT2D eigenvalue weighted by molar-refractivity contribution is 5.92. The standard InChI is InChI=1S/C30H24O12/c1-10-5-13(31)18-15(7-10)40-17-9-12-22-21(20(17)24(18)33)26-23(25(34)19-14(32)6-11(2)8-16(19)41-26)29(22,27(35)38-3)42-30(12,37)28(36)39-4/h5-8,12,21-22,31-32,37H,9H2,1-4H3/t12-,21-,22+,29+,30+/m0/s1. The quantitative estimate of drug-likeness (QED) is 0.296. The number of ether oxygens (including phenoxy) is 3. The molecule has 0 unspecified atom stereocenters. The number of carbonyl (C=O) groups excluding carboxylic acids is 2. The monoisotopic (exact) mass is 576 g/mol. The second-order valence-corrected chi connectivity index (χ2v) is 11.1. The summed E-state index contributed by atoms with van der Waals surface area (Å²) < 4.78 is 28.3. The van der Waals surface area contributed by atoms with Crippen LogP contribution >= 0.6 is 0 Å². The van der Waals surface area contributed by atoms with Crippen molar-refractivity contribution in [1.29, 1.82) is 0 Å². The Morgan fingerprint density at radius 3 is 2.05 bits per heavy atom. The predicted molar refractivity (Wildman–Crippen MR) is 142 cm³/mol. The number of carbonyl (C=O) groups is 2. The number of aliphatic hydroxyl groups is 1. The molecule has 3 N–H and O–H groups in total. The van der Waals surface area contributed by atoms with Crippen LogP contribution in [0, 0.1) is 25.7 Å². The van der Waals surface area contributed by atoms with Crippen LogP contribution in [-0.4, -0.2) is 47.3 Å². The lowest BCUT2D eigenvalue weighted by atomic mass is 9.66. The third-order valence-corrected chi connectivity index (χ3v) is 8.79. The Hall–Kier alpha value is -4.68. The molecule has 1 saturated heterocycles. The minimum atomic E-state index is -2.78. The third kappa shape index (κ3) is 2.92. The number of phenolic OH excluding ortho intramolecular Hbond substituents is 2. The van der Waals surface area contributed by atoms with E-state index >= 15 is 0 Å². The van der Waals surface area contributed by atoms with Crippen LogP contribution in [0.25, 0.3) is 21.9 Å². The van der Waals surface area contributed by atoms with Gasteiger partial charge in [0, 0.05) is 23.8 Å². The van der Waals surface area contributed by atoms with Gasteiger partial charge in [-0.3, -0.25) is 9.59 Å². The number of methoxy groups -OCH3 is 2. The molecule has 12 heteroatoms. The maximum Gasteiger partial charge on any atom is 0.366 e. The van der Waals surface area contributed by atoms with Gasteiger partial charge in [0.05, 0.1) is 25.7 Å². The lowest BCUT2D eigenvalue weighted by Crippen LogP contribution is -2.49. The van der Waals surface area contributed by atoms with E-state index in [1.807, 2.05) is 0 Å². The zero-order valence-corrected chi connectivity index (χ0v) is 22.8. The summed E-state index contributed by atoms with van der Waals surface area (Å²) in [6.45, 7) is 3.37. The number of hydrogen-bond acceptors (Lipinski definition) is 12. The van der Waals surface area contributed by atoms with Gasteiger partial charge in [-0.15, -0.1) is 0 Å². The van der Waals surface area contributed by atoms with E-state index in [2.05, 4.69) is 0 Å². The first kappa shape index (κ1) is 26.2. The number of aromatic hydroxyl groups is 2. The van der Waals surface area contributed by atoms with Gasteiger partial charge in [-0.05, 0) is 49.2 Å². The molecule has 1 fully saturated rings. The first-order valence-corrected chi connectivity index (χ1v) is 13.1. The summed E-state index contributed by atoms with van der Waals surface area (Å²) in [4.78, 5) is 55.2. The van der Waals surface area contributed by atoms with E-state index in [-0.39, 0.29) is 51.2 Å². The van der Waals surface area contributed by atoms with Crippen LogP contribution in [0.1, 0.15) is 39.7 Å². The van der Waals surface area contributed by atoms with E-state index in [1.165, 1.54) is 18.2 Å². The first-order chi connectivity index (χ1) is 19.9. The van der Waals surface area contributed by atoms with Crippen LogP contribution in [0.3, 0.4) is 0 Å². The van der Waals surface area contributed by atoms with Crippen LogP contribution in [0.4, 0.5) is 0 Å². The van der Waals surface area contributed by atoms with Gasteiger partial charge in [-0.25, -0.2) is 9.59 Å². The van der Waals surface area contributed by atoms with E-state index in [0.717, 1.165) is 14.2 Å². The molecule has 4 aromatic rings. The molecule has 42 heavy (non-hydrogen) atoms. The molecule has 12 nitrogen and oxygen atoms in total. The Kier molecular flexibility index (Phi) is 5.12. The normalized spacial score (nSPS) is 27.0. The van der Waals surface area contributed by atoms with Crippen molar-refractivity contribution in [2.75, 3.05) is 14.2 Å². The summed E-state index contributed by atoms with van der Waals surface area (Å²) in [6.07, 6.45) is -0.285. The number of aryl methyl sites for hydroxylation is 2. The SMILES string of the molecule is COC(=O)[C@]1(O)O[C@@]2(C(=O)OC)c3c(oc4cc(C)cc(O)c4c3=O)[C@H]3c4c(oc5cc(C)cc(O)c5c4=O)C[C@H]1[C@H]32. The van der Waals surface area contributed by atoms with E-state index in [9.17, 15) is 34.5 Å². The highest BCUT2D eigenvalue weighted by atomic mass is 16.7. The van der Waals surface area contributed by atoms with Gasteiger partial charge in [-0.1, -0.05) is 0 Å². The summed E-state index contributed by atoms with van der Waals surface area (Å²) in [7, 11) is 2.06. The van der Waals surface area contributed by atoms with Crippen molar-refractivity contribution in [3.63, 3.8) is 0 Å². The molecule has 2 aliphatic carbocycles. The average molecular weight is 577 g/mol. The number of benzene rings is 2. The molecule has 2 aromatic carbocycles. The second-order valence-electron chi connectivity index (χ2n) is 11.1. The fourth-order valence-corrected chi connectivity index (χ4v) is 7.29. The largest absolute Gasteiger partial charge is 0.507 e. The minimum Gasteiger partial charge on any atom is -0.507 e. The first-order valence-electron chi connectivity index (χ1n) is 13.1. The lowest BCUT2D eigenvalue weighted by Gasteiger charge is -2.35. The van der Waals surface area contributed by atoms with Gasteiger partial charge in [0.15, 0.2) is 0 Å². The predicted octanol–water partition coefficient (Wildman–Crippen LogP) is 2.12. The van der Waals surface area contributed by atoms with E-state index < -0.39 is 63.3 Å². The van der Waals surface area contributed by atoms with Crippen molar-refractivity contribution < 1.29 is 48.0 Å². The molecule has 0 bridgehead atoms. The number of phenols is 2. The molecule has 0 spiro atoms. The topological polar surface area (TPSA) is 183 Å². The maximum atomic E-state index is 14.2. The van der Waals surface area contributed by atoms with Crippen molar-refractivity contribution in [2.45, 2.75) is 37.6 Å². The molecular weight excluding hydrogens is 552 g/mol. The maximum absolute atomic E-state index is 14.2. The summed E-state index contributed by atoms with van der Waals surface area (Å²) >= 11 is 0. The highest BCUT2D eigenvalue weighted by Gasteiger charge is 2.78. The van der Waals surface area contributed by atoms with Gasteiger partial charge >= 0.3 is 11.9 Å². The molecule has 216 valence electrons. The number of esters is 2. The molecule has 0 amide bonds. The molecule has 1 aliphatic heterocycles. The van der Waals surface area contributed by atoms with Crippen LogP contribution < -0.4 is 10.9 Å². The summed E-state index contributed by atoms with van der Waals surface area (Å²) in [6, 6.07) is 5.80. The zero-order valence-electron chi connectivity index (χ0n) is 22.8. The third-order valence-electron chi connectivity index (χ3n) is 8.79. The summed E-state index contributed by atoms with van der Waals surface area (Å²) in [5.41, 5.74) is -3.22. The highest BCUT2D eigenvalue weighted by Crippen LogP contribution is 2.67. The van der Waals surface area contributed by atoms with Gasteiger partial charge < -0.3 is 38.4 Å².